The monoisotopic (exact) mass is 430 g/mol. The van der Waals surface area contributed by atoms with E-state index in [9.17, 15) is 22.8 Å². The van der Waals surface area contributed by atoms with Gasteiger partial charge in [-0.05, 0) is 29.8 Å². The zero-order valence-electron chi connectivity index (χ0n) is 16.5. The average molecular weight is 430 g/mol. The summed E-state index contributed by atoms with van der Waals surface area (Å²) in [6.45, 7) is 2.91. The quantitative estimate of drug-likeness (QED) is 0.517. The van der Waals surface area contributed by atoms with Gasteiger partial charge in [0.1, 0.15) is 0 Å². The van der Waals surface area contributed by atoms with Gasteiger partial charge in [-0.2, -0.15) is 4.31 Å². The van der Waals surface area contributed by atoms with Crippen molar-refractivity contribution in [2.24, 2.45) is 0 Å². The van der Waals surface area contributed by atoms with E-state index in [4.69, 9.17) is 0 Å². The molecule has 2 aliphatic heterocycles. The standard InChI is InChI=1S/C20H22N4O5S/c1-2-23-18(25)19(26)24(20(23)27)14-21-9-11-22(12-10-21)30(28,29)17-8-7-15-5-3-4-6-16(15)13-17/h3-8,13H,2,9-12,14H2,1H3. The fourth-order valence-electron chi connectivity index (χ4n) is 3.74. The number of carbonyl (C=O) groups is 3. The van der Waals surface area contributed by atoms with Gasteiger partial charge in [-0.15, -0.1) is 0 Å². The van der Waals surface area contributed by atoms with Gasteiger partial charge in [-0.1, -0.05) is 30.3 Å². The molecular formula is C20H22N4O5S. The van der Waals surface area contributed by atoms with E-state index in [1.54, 1.807) is 30.0 Å². The van der Waals surface area contributed by atoms with Crippen LogP contribution in [0.25, 0.3) is 10.8 Å². The number of likely N-dealkylation sites (N-methyl/N-ethyl adjacent to an activating group) is 1. The van der Waals surface area contributed by atoms with Crippen LogP contribution in [0.15, 0.2) is 47.4 Å². The minimum absolute atomic E-state index is 0.0240. The molecule has 0 saturated carbocycles. The number of sulfonamides is 1. The van der Waals surface area contributed by atoms with Crippen molar-refractivity contribution in [1.29, 1.82) is 0 Å². The second-order valence-corrected chi connectivity index (χ2v) is 9.18. The second-order valence-electron chi connectivity index (χ2n) is 7.24. The molecule has 2 saturated heterocycles. The Morgan fingerprint density at radius 2 is 1.47 bits per heavy atom. The minimum atomic E-state index is -3.65. The third-order valence-electron chi connectivity index (χ3n) is 5.48. The summed E-state index contributed by atoms with van der Waals surface area (Å²) >= 11 is 0. The molecule has 0 aromatic heterocycles. The van der Waals surface area contributed by atoms with Crippen molar-refractivity contribution in [2.75, 3.05) is 39.4 Å². The number of amides is 4. The number of rotatable bonds is 5. The summed E-state index contributed by atoms with van der Waals surface area (Å²) < 4.78 is 27.5. The predicted octanol–water partition coefficient (Wildman–Crippen LogP) is 0.914. The van der Waals surface area contributed by atoms with Crippen molar-refractivity contribution in [2.45, 2.75) is 11.8 Å². The smallest absolute Gasteiger partial charge is 0.283 e. The molecule has 0 radical (unpaired) electrons. The van der Waals surface area contributed by atoms with Gasteiger partial charge in [0.15, 0.2) is 0 Å². The van der Waals surface area contributed by atoms with Crippen LogP contribution in [0, 0.1) is 0 Å². The number of imide groups is 2. The Balaban J connectivity index is 1.43. The van der Waals surface area contributed by atoms with Gasteiger partial charge in [0, 0.05) is 32.7 Å². The summed E-state index contributed by atoms with van der Waals surface area (Å²) in [5.74, 6) is -1.66. The fourth-order valence-corrected chi connectivity index (χ4v) is 5.20. The van der Waals surface area contributed by atoms with E-state index in [1.807, 2.05) is 24.3 Å². The Kier molecular flexibility index (Phi) is 5.31. The Labute approximate surface area is 174 Å². The lowest BCUT2D eigenvalue weighted by Crippen LogP contribution is -2.52. The largest absolute Gasteiger partial charge is 0.335 e. The molecule has 4 amide bonds. The highest BCUT2D eigenvalue weighted by Crippen LogP contribution is 2.23. The number of benzene rings is 2. The Bertz CT molecular complexity index is 1120. The van der Waals surface area contributed by atoms with Crippen molar-refractivity contribution in [3.05, 3.63) is 42.5 Å². The zero-order chi connectivity index (χ0) is 21.5. The van der Waals surface area contributed by atoms with Gasteiger partial charge in [0.25, 0.3) is 0 Å². The van der Waals surface area contributed by atoms with E-state index in [0.29, 0.717) is 13.1 Å². The maximum absolute atomic E-state index is 13.0. The molecule has 2 aromatic rings. The molecule has 0 unspecified atom stereocenters. The summed E-state index contributed by atoms with van der Waals surface area (Å²) in [4.78, 5) is 40.0. The number of fused-ring (bicyclic) bond motifs is 1. The van der Waals surface area contributed by atoms with E-state index in [-0.39, 0.29) is 31.2 Å². The second kappa shape index (κ2) is 7.78. The van der Waals surface area contributed by atoms with Crippen LogP contribution >= 0.6 is 0 Å². The lowest BCUT2D eigenvalue weighted by atomic mass is 10.1. The number of urea groups is 1. The number of hydrogen-bond acceptors (Lipinski definition) is 6. The summed E-state index contributed by atoms with van der Waals surface area (Å²) in [7, 11) is -3.65. The lowest BCUT2D eigenvalue weighted by molar-refractivity contribution is -0.143. The summed E-state index contributed by atoms with van der Waals surface area (Å²) in [5.41, 5.74) is 0. The van der Waals surface area contributed by atoms with Crippen molar-refractivity contribution in [1.82, 2.24) is 19.0 Å². The number of nitrogens with zero attached hydrogens (tertiary/aromatic N) is 4. The summed E-state index contributed by atoms with van der Waals surface area (Å²) in [5, 5.41) is 1.82. The molecule has 158 valence electrons. The van der Waals surface area contributed by atoms with E-state index < -0.39 is 27.9 Å². The van der Waals surface area contributed by atoms with Crippen molar-refractivity contribution in [3.63, 3.8) is 0 Å². The molecule has 2 heterocycles. The highest BCUT2D eigenvalue weighted by molar-refractivity contribution is 7.89. The number of hydrogen-bond donors (Lipinski definition) is 0. The topological polar surface area (TPSA) is 98.3 Å². The molecule has 2 aliphatic rings. The summed E-state index contributed by atoms with van der Waals surface area (Å²) in [6.07, 6.45) is 0. The van der Waals surface area contributed by atoms with Crippen molar-refractivity contribution in [3.8, 4) is 0 Å². The number of carbonyl (C=O) groups excluding carboxylic acids is 3. The van der Waals surface area contributed by atoms with Gasteiger partial charge in [0.05, 0.1) is 11.6 Å². The van der Waals surface area contributed by atoms with E-state index in [2.05, 4.69) is 0 Å². The third kappa shape index (κ3) is 3.47. The normalized spacial score (nSPS) is 19.3. The Morgan fingerprint density at radius 3 is 2.10 bits per heavy atom. The van der Waals surface area contributed by atoms with Crippen LogP contribution in [0.2, 0.25) is 0 Å². The molecule has 30 heavy (non-hydrogen) atoms. The first-order valence-electron chi connectivity index (χ1n) is 9.71. The molecule has 0 bridgehead atoms. The first-order chi connectivity index (χ1) is 14.3. The van der Waals surface area contributed by atoms with Crippen LogP contribution in [-0.2, 0) is 19.6 Å². The van der Waals surface area contributed by atoms with E-state index in [0.717, 1.165) is 20.6 Å². The molecule has 0 atom stereocenters. The number of piperazine rings is 1. The van der Waals surface area contributed by atoms with Gasteiger partial charge in [-0.25, -0.2) is 18.1 Å². The first kappa shape index (κ1) is 20.5. The molecule has 0 aliphatic carbocycles. The van der Waals surface area contributed by atoms with E-state index >= 15 is 0 Å². The molecular weight excluding hydrogens is 408 g/mol. The Hall–Kier alpha value is -2.82. The van der Waals surface area contributed by atoms with Crippen LogP contribution < -0.4 is 0 Å². The molecule has 2 aromatic carbocycles. The van der Waals surface area contributed by atoms with Gasteiger partial charge < -0.3 is 0 Å². The van der Waals surface area contributed by atoms with Crippen LogP contribution in [0.1, 0.15) is 6.92 Å². The molecule has 2 fully saturated rings. The highest BCUT2D eigenvalue weighted by Gasteiger charge is 2.44. The third-order valence-corrected chi connectivity index (χ3v) is 7.38. The molecule has 4 rings (SSSR count). The lowest BCUT2D eigenvalue weighted by Gasteiger charge is -2.35. The average Bonchev–Trinajstić information content (AvgIpc) is 2.96. The molecule has 10 heteroatoms. The van der Waals surface area contributed by atoms with Crippen LogP contribution in [0.5, 0.6) is 0 Å². The van der Waals surface area contributed by atoms with Crippen LogP contribution in [0.4, 0.5) is 4.79 Å². The zero-order valence-corrected chi connectivity index (χ0v) is 17.3. The Morgan fingerprint density at radius 1 is 0.833 bits per heavy atom. The van der Waals surface area contributed by atoms with Crippen molar-refractivity contribution < 1.29 is 22.8 Å². The molecule has 9 nitrogen and oxygen atoms in total. The highest BCUT2D eigenvalue weighted by atomic mass is 32.2. The molecule has 0 spiro atoms. The summed E-state index contributed by atoms with van der Waals surface area (Å²) in [6, 6.07) is 12.0. The maximum atomic E-state index is 13.0. The maximum Gasteiger partial charge on any atom is 0.335 e. The van der Waals surface area contributed by atoms with Gasteiger partial charge >= 0.3 is 17.8 Å². The SMILES string of the molecule is CCN1C(=O)C(=O)N(CN2CCN(S(=O)(=O)c3ccc4ccccc4c3)CC2)C1=O. The van der Waals surface area contributed by atoms with Crippen molar-refractivity contribution >= 4 is 38.6 Å². The van der Waals surface area contributed by atoms with Crippen LogP contribution in [-0.4, -0.2) is 84.7 Å². The first-order valence-corrected chi connectivity index (χ1v) is 11.2. The van der Waals surface area contributed by atoms with Gasteiger partial charge in [0.2, 0.25) is 10.0 Å². The van der Waals surface area contributed by atoms with E-state index in [1.165, 1.54) is 4.31 Å². The van der Waals surface area contributed by atoms with Crippen LogP contribution in [0.3, 0.4) is 0 Å². The fraction of sp³-hybridized carbons (Fsp3) is 0.350. The molecule has 0 N–H and O–H groups in total. The minimum Gasteiger partial charge on any atom is -0.283 e. The predicted molar refractivity (Wildman–Crippen MR) is 109 cm³/mol. The van der Waals surface area contributed by atoms with Gasteiger partial charge in [-0.3, -0.25) is 19.4 Å².